The number of carbonyl (C=O) groups excluding carboxylic acids is 1. The van der Waals surface area contributed by atoms with Gasteiger partial charge in [0.2, 0.25) is 5.91 Å². The number of thioether (sulfide) groups is 1. The highest BCUT2D eigenvalue weighted by Gasteiger charge is 2.12. The summed E-state index contributed by atoms with van der Waals surface area (Å²) in [6, 6.07) is 17.6. The smallest absolute Gasteiger partial charge is 0.336 e. The van der Waals surface area contributed by atoms with E-state index in [0.717, 1.165) is 17.7 Å². The van der Waals surface area contributed by atoms with E-state index < -0.39 is 5.97 Å². The standard InChI is InChI=1S/C27H25Cl2N3O3S/c1-30-11-12-31-16-26(33)32-21-4-2-3-18(13-21)5-6-19-7-9-22(27(34)35)25(15-19)36-17-20-8-10-23(28)24(29)14-20/h2-4,7-10,13-15,30-31H,11-12,16-17H2,1H3,(H,32,33)(H,34,35). The monoisotopic (exact) mass is 541 g/mol. The minimum atomic E-state index is -1.00. The Kier molecular flexibility index (Phi) is 10.7. The van der Waals surface area contributed by atoms with Crippen LogP contribution < -0.4 is 16.0 Å². The van der Waals surface area contributed by atoms with Gasteiger partial charge in [0.1, 0.15) is 0 Å². The van der Waals surface area contributed by atoms with Crippen molar-refractivity contribution in [3.8, 4) is 11.8 Å². The van der Waals surface area contributed by atoms with Crippen molar-refractivity contribution in [2.75, 3.05) is 32.0 Å². The molecule has 3 aromatic carbocycles. The van der Waals surface area contributed by atoms with Crippen LogP contribution in [0, 0.1) is 11.8 Å². The van der Waals surface area contributed by atoms with Crippen molar-refractivity contribution in [3.05, 3.63) is 93.0 Å². The van der Waals surface area contributed by atoms with Crippen LogP contribution in [0.15, 0.2) is 65.6 Å². The van der Waals surface area contributed by atoms with Crippen LogP contribution in [0.4, 0.5) is 5.69 Å². The highest BCUT2D eigenvalue weighted by Crippen LogP contribution is 2.30. The molecule has 4 N–H and O–H groups in total. The first kappa shape index (κ1) is 27.6. The van der Waals surface area contributed by atoms with E-state index >= 15 is 0 Å². The number of carbonyl (C=O) groups is 2. The number of aromatic carboxylic acids is 1. The fraction of sp³-hybridized carbons (Fsp3) is 0.185. The Bertz CT molecular complexity index is 1300. The summed E-state index contributed by atoms with van der Waals surface area (Å²) in [6.45, 7) is 1.70. The number of carboxylic acids is 1. The zero-order valence-electron chi connectivity index (χ0n) is 19.5. The van der Waals surface area contributed by atoms with Crippen molar-refractivity contribution in [2.24, 2.45) is 0 Å². The zero-order chi connectivity index (χ0) is 25.9. The Morgan fingerprint density at radius 2 is 1.72 bits per heavy atom. The van der Waals surface area contributed by atoms with Gasteiger partial charge in [-0.3, -0.25) is 4.79 Å². The lowest BCUT2D eigenvalue weighted by Gasteiger charge is -2.08. The van der Waals surface area contributed by atoms with Crippen molar-refractivity contribution in [2.45, 2.75) is 10.6 Å². The molecule has 0 aliphatic heterocycles. The number of benzene rings is 3. The summed E-state index contributed by atoms with van der Waals surface area (Å²) >= 11 is 13.5. The molecule has 0 aliphatic carbocycles. The molecule has 0 aliphatic rings. The van der Waals surface area contributed by atoms with E-state index in [9.17, 15) is 14.7 Å². The van der Waals surface area contributed by atoms with Gasteiger partial charge in [0.25, 0.3) is 0 Å². The van der Waals surface area contributed by atoms with Crippen molar-refractivity contribution in [1.82, 2.24) is 10.6 Å². The number of nitrogens with one attached hydrogen (secondary N) is 3. The number of likely N-dealkylation sites (N-methyl/N-ethyl adjacent to an activating group) is 1. The van der Waals surface area contributed by atoms with Crippen LogP contribution in [0.2, 0.25) is 10.0 Å². The van der Waals surface area contributed by atoms with Crippen LogP contribution in [0.1, 0.15) is 27.0 Å². The number of carboxylic acid groups (broad SMARTS) is 1. The van der Waals surface area contributed by atoms with Gasteiger partial charge >= 0.3 is 5.97 Å². The van der Waals surface area contributed by atoms with Gasteiger partial charge in [-0.05, 0) is 61.1 Å². The Hall–Kier alpha value is -2.99. The van der Waals surface area contributed by atoms with Gasteiger partial charge in [-0.1, -0.05) is 47.2 Å². The maximum absolute atomic E-state index is 12.1. The van der Waals surface area contributed by atoms with Crippen LogP contribution >= 0.6 is 35.0 Å². The Labute approximate surface area is 224 Å². The first-order chi connectivity index (χ1) is 17.4. The van der Waals surface area contributed by atoms with Crippen LogP contribution in [-0.4, -0.2) is 43.7 Å². The number of anilines is 1. The summed E-state index contributed by atoms with van der Waals surface area (Å²) in [7, 11) is 1.85. The van der Waals surface area contributed by atoms with Crippen LogP contribution in [-0.2, 0) is 10.5 Å². The molecule has 9 heteroatoms. The molecule has 1 amide bonds. The molecule has 0 unspecified atom stereocenters. The number of hydrogen-bond acceptors (Lipinski definition) is 5. The molecule has 0 radical (unpaired) electrons. The SMILES string of the molecule is CNCCNCC(=O)Nc1cccc(C#Cc2ccc(C(=O)O)c(SCc3ccc(Cl)c(Cl)c3)c2)c1. The third-order valence-corrected chi connectivity index (χ3v) is 6.79. The van der Waals surface area contributed by atoms with Crippen LogP contribution in [0.3, 0.4) is 0 Å². The van der Waals surface area contributed by atoms with Gasteiger partial charge < -0.3 is 21.1 Å². The van der Waals surface area contributed by atoms with Gasteiger partial charge in [0.15, 0.2) is 0 Å². The molecule has 186 valence electrons. The second kappa shape index (κ2) is 13.9. The van der Waals surface area contributed by atoms with E-state index in [4.69, 9.17) is 23.2 Å². The number of amides is 1. The average Bonchev–Trinajstić information content (AvgIpc) is 2.86. The largest absolute Gasteiger partial charge is 0.478 e. The highest BCUT2D eigenvalue weighted by molar-refractivity contribution is 7.98. The lowest BCUT2D eigenvalue weighted by Crippen LogP contribution is -2.32. The predicted molar refractivity (Wildman–Crippen MR) is 147 cm³/mol. The number of rotatable bonds is 10. The number of halogens is 2. The molecule has 0 saturated heterocycles. The van der Waals surface area contributed by atoms with Gasteiger partial charge in [0, 0.05) is 40.6 Å². The van der Waals surface area contributed by atoms with Gasteiger partial charge in [-0.25, -0.2) is 4.79 Å². The summed E-state index contributed by atoms with van der Waals surface area (Å²) in [5.74, 6) is 5.56. The predicted octanol–water partition coefficient (Wildman–Crippen LogP) is 5.13. The molecule has 0 spiro atoms. The quantitative estimate of drug-likeness (QED) is 0.161. The molecule has 3 aromatic rings. The molecular formula is C27H25Cl2N3O3S. The summed E-state index contributed by atoms with van der Waals surface area (Å²) < 4.78 is 0. The second-order valence-corrected chi connectivity index (χ2v) is 9.54. The minimum absolute atomic E-state index is 0.135. The molecule has 0 atom stereocenters. The molecule has 0 fully saturated rings. The average molecular weight is 542 g/mol. The van der Waals surface area contributed by atoms with E-state index in [1.165, 1.54) is 11.8 Å². The minimum Gasteiger partial charge on any atom is -0.478 e. The van der Waals surface area contributed by atoms with Crippen molar-refractivity contribution in [1.29, 1.82) is 0 Å². The summed E-state index contributed by atoms with van der Waals surface area (Å²) in [5, 5.41) is 19.4. The van der Waals surface area contributed by atoms with Gasteiger partial charge in [-0.2, -0.15) is 0 Å². The molecule has 0 saturated carbocycles. The highest BCUT2D eigenvalue weighted by atomic mass is 35.5. The fourth-order valence-corrected chi connectivity index (χ4v) is 4.47. The summed E-state index contributed by atoms with van der Waals surface area (Å²) in [5.41, 5.74) is 3.20. The molecule has 0 heterocycles. The topological polar surface area (TPSA) is 90.5 Å². The summed E-state index contributed by atoms with van der Waals surface area (Å²) in [4.78, 5) is 24.4. The first-order valence-electron chi connectivity index (χ1n) is 11.1. The maximum atomic E-state index is 12.1. The molecule has 3 rings (SSSR count). The van der Waals surface area contributed by atoms with E-state index in [1.807, 2.05) is 25.2 Å². The Morgan fingerprint density at radius 3 is 2.44 bits per heavy atom. The second-order valence-electron chi connectivity index (χ2n) is 7.71. The normalized spacial score (nSPS) is 10.4. The first-order valence-corrected chi connectivity index (χ1v) is 12.8. The summed E-state index contributed by atoms with van der Waals surface area (Å²) in [6.07, 6.45) is 0. The molecule has 0 bridgehead atoms. The lowest BCUT2D eigenvalue weighted by molar-refractivity contribution is -0.115. The third kappa shape index (κ3) is 8.59. The van der Waals surface area contributed by atoms with E-state index in [1.54, 1.807) is 42.5 Å². The van der Waals surface area contributed by atoms with Gasteiger partial charge in [0.05, 0.1) is 22.2 Å². The van der Waals surface area contributed by atoms with Gasteiger partial charge in [-0.15, -0.1) is 11.8 Å². The van der Waals surface area contributed by atoms with Crippen molar-refractivity contribution < 1.29 is 14.7 Å². The Balaban J connectivity index is 1.71. The zero-order valence-corrected chi connectivity index (χ0v) is 21.9. The van der Waals surface area contributed by atoms with E-state index in [0.29, 0.717) is 38.5 Å². The van der Waals surface area contributed by atoms with Crippen molar-refractivity contribution in [3.63, 3.8) is 0 Å². The molecular weight excluding hydrogens is 517 g/mol. The molecule has 6 nitrogen and oxygen atoms in total. The molecule has 0 aromatic heterocycles. The third-order valence-electron chi connectivity index (χ3n) is 4.93. The maximum Gasteiger partial charge on any atom is 0.336 e. The van der Waals surface area contributed by atoms with E-state index in [2.05, 4.69) is 27.8 Å². The van der Waals surface area contributed by atoms with Crippen LogP contribution in [0.25, 0.3) is 0 Å². The van der Waals surface area contributed by atoms with Crippen molar-refractivity contribution >= 4 is 52.5 Å². The van der Waals surface area contributed by atoms with E-state index in [-0.39, 0.29) is 18.0 Å². The van der Waals surface area contributed by atoms with Crippen LogP contribution in [0.5, 0.6) is 0 Å². The number of hydrogen-bond donors (Lipinski definition) is 4. The lowest BCUT2D eigenvalue weighted by atomic mass is 10.1. The Morgan fingerprint density at radius 1 is 0.944 bits per heavy atom. The molecule has 36 heavy (non-hydrogen) atoms. The fourth-order valence-electron chi connectivity index (χ4n) is 3.13.